The normalized spacial score (nSPS) is 13.8. The van der Waals surface area contributed by atoms with Crippen LogP contribution in [0.5, 0.6) is 17.2 Å². The lowest BCUT2D eigenvalue weighted by Crippen LogP contribution is -2.36. The molecule has 2 aromatic carbocycles. The van der Waals surface area contributed by atoms with Gasteiger partial charge in [0.1, 0.15) is 34.0 Å². The van der Waals surface area contributed by atoms with Crippen LogP contribution in [-0.4, -0.2) is 65.8 Å². The first-order valence-electron chi connectivity index (χ1n) is 15.9. The van der Waals surface area contributed by atoms with Crippen LogP contribution in [0.1, 0.15) is 61.2 Å². The van der Waals surface area contributed by atoms with Gasteiger partial charge in [0.2, 0.25) is 0 Å². The Hall–Kier alpha value is -4.45. The molecule has 0 spiro atoms. The molecule has 1 aliphatic carbocycles. The minimum Gasteiger partial charge on any atom is -0.755 e. The molecule has 3 aromatic rings. The quantitative estimate of drug-likeness (QED) is 0.0540. The van der Waals surface area contributed by atoms with E-state index in [1.165, 1.54) is 37.4 Å². The van der Waals surface area contributed by atoms with Gasteiger partial charge in [0.05, 0.1) is 25.0 Å². The first-order chi connectivity index (χ1) is 24.9. The number of hydrogen-bond donors (Lipinski definition) is 0. The molecule has 4 rings (SSSR count). The minimum absolute atomic E-state index is 0.0113. The van der Waals surface area contributed by atoms with Gasteiger partial charge in [-0.3, -0.25) is 13.3 Å². The number of anilines is 1. The molecule has 53 heavy (non-hydrogen) atoms. The summed E-state index contributed by atoms with van der Waals surface area (Å²) in [5.74, 6) is -3.08. The summed E-state index contributed by atoms with van der Waals surface area (Å²) in [5.41, 5.74) is -0.877. The molecule has 0 N–H and O–H groups in total. The monoisotopic (exact) mass is 803 g/mol. The summed E-state index contributed by atoms with van der Waals surface area (Å²) in [6.07, 6.45) is 2.45. The van der Waals surface area contributed by atoms with E-state index in [1.807, 2.05) is 0 Å². The molecular weight excluding hydrogens is 769 g/mol. The second-order valence-electron chi connectivity index (χ2n) is 12.6. The van der Waals surface area contributed by atoms with Crippen molar-refractivity contribution in [2.45, 2.75) is 58.4 Å². The molecule has 2 unspecified atom stereocenters. The zero-order valence-corrected chi connectivity index (χ0v) is 31.1. The van der Waals surface area contributed by atoms with Crippen LogP contribution in [0.25, 0.3) is 0 Å². The van der Waals surface area contributed by atoms with Crippen molar-refractivity contribution in [2.24, 2.45) is 5.92 Å². The summed E-state index contributed by atoms with van der Waals surface area (Å²) >= 11 is 9.56. The fourth-order valence-corrected chi connectivity index (χ4v) is 5.90. The Kier molecular flexibility index (Phi) is 14.1. The number of rotatable bonds is 17. The highest BCUT2D eigenvalue weighted by Gasteiger charge is 2.28. The Balaban J connectivity index is 1.56. The second kappa shape index (κ2) is 18.1. The Morgan fingerprint density at radius 3 is 2.26 bits per heavy atom. The van der Waals surface area contributed by atoms with Gasteiger partial charge in [0, 0.05) is 23.3 Å². The maximum atomic E-state index is 13.2. The molecule has 1 saturated carbocycles. The summed E-state index contributed by atoms with van der Waals surface area (Å²) in [6.45, 7) is 0.205. The lowest BCUT2D eigenvalue weighted by Gasteiger charge is -2.29. The number of alkyl halides is 2. The molecule has 0 bridgehead atoms. The van der Waals surface area contributed by atoms with Gasteiger partial charge in [0.15, 0.2) is 30.5 Å². The van der Waals surface area contributed by atoms with Crippen molar-refractivity contribution < 1.29 is 65.1 Å². The number of aromatic nitrogens is 1. The summed E-state index contributed by atoms with van der Waals surface area (Å²) in [6, 6.07) is 7.51. The van der Waals surface area contributed by atoms with E-state index < -0.39 is 60.6 Å². The van der Waals surface area contributed by atoms with Gasteiger partial charge in [-0.2, -0.15) is 13.5 Å². The smallest absolute Gasteiger partial charge is 0.387 e. The van der Waals surface area contributed by atoms with Crippen LogP contribution in [0.4, 0.5) is 14.5 Å². The molecule has 0 radical (unpaired) electrons. The Morgan fingerprint density at radius 1 is 1.02 bits per heavy atom. The summed E-state index contributed by atoms with van der Waals surface area (Å²) < 4.78 is 83.2. The topological polar surface area (TPSA) is 177 Å². The van der Waals surface area contributed by atoms with Crippen molar-refractivity contribution in [2.75, 3.05) is 31.2 Å². The minimum atomic E-state index is -3.15. The van der Waals surface area contributed by atoms with Crippen LogP contribution in [0, 0.1) is 11.1 Å². The molecule has 0 saturated heterocycles. The number of halogens is 4. The molecule has 1 aliphatic rings. The molecule has 14 nitrogen and oxygen atoms in total. The van der Waals surface area contributed by atoms with Crippen LogP contribution in [0.15, 0.2) is 48.8 Å². The Morgan fingerprint density at radius 2 is 1.68 bits per heavy atom. The third kappa shape index (κ3) is 12.3. The lowest BCUT2D eigenvalue weighted by atomic mass is 10.0. The second-order valence-corrected chi connectivity index (χ2v) is 14.3. The van der Waals surface area contributed by atoms with Crippen LogP contribution in [0.2, 0.25) is 10.0 Å². The predicted octanol–water partition coefficient (Wildman–Crippen LogP) is 5.65. The summed E-state index contributed by atoms with van der Waals surface area (Å²) in [5, 5.41) is 11.7. The van der Waals surface area contributed by atoms with Gasteiger partial charge in [0.25, 0.3) is 0 Å². The SMILES string of the molecule is COc1ccc(C(=O)OCC(=O)OC(Cc2c(Cl)c[n+]([O-])cc2Cl)c2ccc(OC(F)F)c(OCC3CC3)c2)cc1N(CC(=O)OC(C)(C)C)S(=O)[O-]. The number of methoxy groups -OCH3 is 1. The number of hydrogen-bond acceptors (Lipinski definition) is 12. The van der Waals surface area contributed by atoms with Crippen LogP contribution in [0.3, 0.4) is 0 Å². The van der Waals surface area contributed by atoms with Crippen LogP contribution in [-0.2, 0) is 41.5 Å². The van der Waals surface area contributed by atoms with E-state index in [2.05, 4.69) is 4.74 Å². The van der Waals surface area contributed by atoms with Gasteiger partial charge in [-0.05, 0) is 75.4 Å². The maximum absolute atomic E-state index is 13.2. The van der Waals surface area contributed by atoms with Crippen LogP contribution >= 0.6 is 23.2 Å². The molecule has 1 heterocycles. The van der Waals surface area contributed by atoms with Crippen molar-refractivity contribution >= 4 is 58.1 Å². The van der Waals surface area contributed by atoms with E-state index in [4.69, 9.17) is 46.9 Å². The number of carbonyl (C=O) groups is 3. The first-order valence-corrected chi connectivity index (χ1v) is 17.6. The zero-order valence-electron chi connectivity index (χ0n) is 28.8. The van der Waals surface area contributed by atoms with Crippen molar-refractivity contribution in [3.05, 3.63) is 80.7 Å². The number of nitrogens with zero attached hydrogens (tertiary/aromatic N) is 2. The largest absolute Gasteiger partial charge is 0.755 e. The fraction of sp³-hybridized carbons (Fsp3) is 0.412. The van der Waals surface area contributed by atoms with Gasteiger partial charge < -0.3 is 38.2 Å². The summed E-state index contributed by atoms with van der Waals surface area (Å²) in [4.78, 5) is 38.7. The highest BCUT2D eigenvalue weighted by Crippen LogP contribution is 2.38. The molecule has 288 valence electrons. The summed E-state index contributed by atoms with van der Waals surface area (Å²) in [7, 11) is 1.25. The maximum Gasteiger partial charge on any atom is 0.387 e. The number of benzene rings is 2. The van der Waals surface area contributed by atoms with Crippen molar-refractivity contribution in [1.29, 1.82) is 0 Å². The predicted molar refractivity (Wildman–Crippen MR) is 185 cm³/mol. The Bertz CT molecular complexity index is 1820. The molecule has 0 amide bonds. The van der Waals surface area contributed by atoms with Gasteiger partial charge >= 0.3 is 24.5 Å². The molecule has 0 aliphatic heterocycles. The average molecular weight is 805 g/mol. The number of esters is 3. The van der Waals surface area contributed by atoms with Crippen molar-refractivity contribution in [1.82, 2.24) is 0 Å². The van der Waals surface area contributed by atoms with E-state index in [-0.39, 0.29) is 68.6 Å². The number of carbonyl (C=O) groups excluding carboxylic acids is 3. The van der Waals surface area contributed by atoms with E-state index in [9.17, 15) is 37.1 Å². The van der Waals surface area contributed by atoms with E-state index in [1.54, 1.807) is 20.8 Å². The van der Waals surface area contributed by atoms with E-state index in [0.717, 1.165) is 31.3 Å². The van der Waals surface area contributed by atoms with E-state index in [0.29, 0.717) is 9.04 Å². The third-order valence-corrected chi connectivity index (χ3v) is 8.66. The Labute approximate surface area is 315 Å². The molecule has 1 fully saturated rings. The highest BCUT2D eigenvalue weighted by molar-refractivity contribution is 7.80. The van der Waals surface area contributed by atoms with Gasteiger partial charge in [-0.25, -0.2) is 9.59 Å². The average Bonchev–Trinajstić information content (AvgIpc) is 3.90. The van der Waals surface area contributed by atoms with Gasteiger partial charge in [-0.15, -0.1) is 0 Å². The number of ether oxygens (including phenoxy) is 6. The standard InChI is InChI=1S/C34H36Cl2F2N2O12S/c1-34(2,3)52-30(41)16-40(53(45)46)25-11-21(8-9-26(25)47-4)32(43)49-18-31(42)50-28(13-22-23(35)14-39(44)15-24(22)36)20-7-10-27(51-33(37)38)29(12-20)48-17-19-5-6-19/h7-12,14-15,19,28,33H,5-6,13,16-18H2,1-4H3,(H,45,46)/p-1. The third-order valence-electron chi connectivity index (χ3n) is 7.33. The zero-order chi connectivity index (χ0) is 39.0. The molecule has 19 heteroatoms. The molecule has 2 atom stereocenters. The van der Waals surface area contributed by atoms with Gasteiger partial charge in [-0.1, -0.05) is 29.3 Å². The molecule has 1 aromatic heterocycles. The molecular formula is C34H35Cl2F2N2O12S-. The highest BCUT2D eigenvalue weighted by atomic mass is 35.5. The van der Waals surface area contributed by atoms with Crippen LogP contribution < -0.4 is 23.2 Å². The van der Waals surface area contributed by atoms with Crippen molar-refractivity contribution in [3.63, 3.8) is 0 Å². The lowest BCUT2D eigenvalue weighted by molar-refractivity contribution is -0.605. The van der Waals surface area contributed by atoms with Crippen molar-refractivity contribution in [3.8, 4) is 17.2 Å². The first kappa shape index (κ1) is 41.3. The fourth-order valence-electron chi connectivity index (χ4n) is 4.78. The van der Waals surface area contributed by atoms with E-state index >= 15 is 0 Å². The number of pyridine rings is 1.